The molecule has 0 bridgehead atoms. The Morgan fingerprint density at radius 3 is 2.48 bits per heavy atom. The summed E-state index contributed by atoms with van der Waals surface area (Å²) in [5, 5.41) is 3.04. The van der Waals surface area contributed by atoms with Crippen molar-refractivity contribution in [3.63, 3.8) is 0 Å². The van der Waals surface area contributed by atoms with E-state index in [1.807, 2.05) is 57.4 Å². The first kappa shape index (κ1) is 15.3. The third kappa shape index (κ3) is 4.20. The van der Waals surface area contributed by atoms with Gasteiger partial charge in [-0.2, -0.15) is 0 Å². The number of carbonyl (C=O) groups is 1. The van der Waals surface area contributed by atoms with Crippen molar-refractivity contribution in [3.05, 3.63) is 59.5 Å². The Morgan fingerprint density at radius 1 is 1.19 bits per heavy atom. The summed E-state index contributed by atoms with van der Waals surface area (Å²) in [5.74, 6) is 1.01. The predicted octanol–water partition coefficient (Wildman–Crippen LogP) is 2.87. The molecule has 4 heteroatoms. The molecule has 21 heavy (non-hydrogen) atoms. The van der Waals surface area contributed by atoms with E-state index >= 15 is 0 Å². The van der Waals surface area contributed by atoms with Crippen molar-refractivity contribution in [1.29, 1.82) is 0 Å². The van der Waals surface area contributed by atoms with Crippen LogP contribution in [0.15, 0.2) is 46.9 Å². The molecule has 2 rings (SSSR count). The minimum absolute atomic E-state index is 0.0659. The van der Waals surface area contributed by atoms with Crippen molar-refractivity contribution in [1.82, 2.24) is 10.2 Å². The molecular formula is C17H22N2O2. The maximum Gasteiger partial charge on any atom is 0.287 e. The Kier molecular flexibility index (Phi) is 5.17. The van der Waals surface area contributed by atoms with Gasteiger partial charge in [0, 0.05) is 13.0 Å². The summed E-state index contributed by atoms with van der Waals surface area (Å²) >= 11 is 0. The van der Waals surface area contributed by atoms with Crippen LogP contribution in [0.5, 0.6) is 0 Å². The number of hydrogen-bond donors (Lipinski definition) is 1. The van der Waals surface area contributed by atoms with Crippen LogP contribution in [-0.2, 0) is 6.42 Å². The van der Waals surface area contributed by atoms with Crippen LogP contribution >= 0.6 is 0 Å². The standard InChI is InChI=1S/C17H22N2O2/c1-4-14-10-11-16(21-14)17(20)18-15(12-19(2)3)13-8-6-5-7-9-13/h5-11,15H,4,12H2,1-3H3,(H,18,20). The lowest BCUT2D eigenvalue weighted by molar-refractivity contribution is 0.0900. The Hall–Kier alpha value is -2.07. The highest BCUT2D eigenvalue weighted by Gasteiger charge is 2.18. The molecule has 1 amide bonds. The first-order valence-corrected chi connectivity index (χ1v) is 7.19. The Bertz CT molecular complexity index is 575. The van der Waals surface area contributed by atoms with E-state index in [-0.39, 0.29) is 11.9 Å². The second-order valence-electron chi connectivity index (χ2n) is 5.32. The van der Waals surface area contributed by atoms with E-state index in [0.717, 1.165) is 24.3 Å². The number of furan rings is 1. The summed E-state index contributed by atoms with van der Waals surface area (Å²) in [5.41, 5.74) is 1.09. The van der Waals surface area contributed by atoms with E-state index in [1.54, 1.807) is 6.07 Å². The summed E-state index contributed by atoms with van der Waals surface area (Å²) in [6.45, 7) is 2.73. The van der Waals surface area contributed by atoms with Crippen molar-refractivity contribution in [2.24, 2.45) is 0 Å². The van der Waals surface area contributed by atoms with Gasteiger partial charge in [0.2, 0.25) is 0 Å². The minimum atomic E-state index is -0.176. The third-order valence-corrected chi connectivity index (χ3v) is 3.29. The fourth-order valence-corrected chi connectivity index (χ4v) is 2.20. The number of benzene rings is 1. The van der Waals surface area contributed by atoms with Crippen LogP contribution in [0, 0.1) is 0 Å². The third-order valence-electron chi connectivity index (χ3n) is 3.29. The van der Waals surface area contributed by atoms with Gasteiger partial charge in [-0.3, -0.25) is 4.79 Å². The first-order valence-electron chi connectivity index (χ1n) is 7.19. The largest absolute Gasteiger partial charge is 0.456 e. The van der Waals surface area contributed by atoms with E-state index in [2.05, 4.69) is 10.2 Å². The fraction of sp³-hybridized carbons (Fsp3) is 0.353. The molecule has 1 atom stereocenters. The van der Waals surface area contributed by atoms with Gasteiger partial charge in [0.05, 0.1) is 6.04 Å². The summed E-state index contributed by atoms with van der Waals surface area (Å²) in [7, 11) is 3.98. The molecule has 0 saturated carbocycles. The molecule has 1 aromatic carbocycles. The van der Waals surface area contributed by atoms with Gasteiger partial charge in [-0.1, -0.05) is 37.3 Å². The van der Waals surface area contributed by atoms with Crippen LogP contribution in [0.4, 0.5) is 0 Å². The van der Waals surface area contributed by atoms with E-state index in [4.69, 9.17) is 4.42 Å². The van der Waals surface area contributed by atoms with Crippen molar-refractivity contribution >= 4 is 5.91 Å². The van der Waals surface area contributed by atoms with Crippen LogP contribution in [0.2, 0.25) is 0 Å². The van der Waals surface area contributed by atoms with Gasteiger partial charge in [-0.15, -0.1) is 0 Å². The van der Waals surface area contributed by atoms with Crippen molar-refractivity contribution < 1.29 is 9.21 Å². The average Bonchev–Trinajstić information content (AvgIpc) is 2.96. The average molecular weight is 286 g/mol. The maximum absolute atomic E-state index is 12.3. The lowest BCUT2D eigenvalue weighted by Crippen LogP contribution is -2.35. The second-order valence-corrected chi connectivity index (χ2v) is 5.32. The number of rotatable bonds is 6. The quantitative estimate of drug-likeness (QED) is 0.888. The molecule has 2 aromatic rings. The van der Waals surface area contributed by atoms with Crippen LogP contribution < -0.4 is 5.32 Å². The molecule has 1 aromatic heterocycles. The first-order chi connectivity index (χ1) is 10.1. The van der Waals surface area contributed by atoms with Gasteiger partial charge < -0.3 is 14.6 Å². The van der Waals surface area contributed by atoms with Crippen LogP contribution in [0.25, 0.3) is 0 Å². The highest BCUT2D eigenvalue weighted by molar-refractivity contribution is 5.91. The van der Waals surface area contributed by atoms with Gasteiger partial charge >= 0.3 is 0 Å². The molecule has 1 unspecified atom stereocenters. The SMILES string of the molecule is CCc1ccc(C(=O)NC(CN(C)C)c2ccccc2)o1. The topological polar surface area (TPSA) is 45.5 Å². The molecule has 0 fully saturated rings. The van der Waals surface area contributed by atoms with E-state index in [1.165, 1.54) is 0 Å². The van der Waals surface area contributed by atoms with Gasteiger partial charge in [0.25, 0.3) is 5.91 Å². The molecule has 0 saturated heterocycles. The van der Waals surface area contributed by atoms with Crippen molar-refractivity contribution in [3.8, 4) is 0 Å². The Balaban J connectivity index is 2.13. The molecular weight excluding hydrogens is 264 g/mol. The molecule has 112 valence electrons. The fourth-order valence-electron chi connectivity index (χ4n) is 2.20. The zero-order chi connectivity index (χ0) is 15.2. The summed E-state index contributed by atoms with van der Waals surface area (Å²) in [6.07, 6.45) is 0.785. The summed E-state index contributed by atoms with van der Waals surface area (Å²) in [6, 6.07) is 13.5. The Labute approximate surface area is 125 Å². The molecule has 0 spiro atoms. The molecule has 0 radical (unpaired) electrons. The smallest absolute Gasteiger partial charge is 0.287 e. The normalized spacial score (nSPS) is 12.4. The van der Waals surface area contributed by atoms with Gasteiger partial charge in [-0.05, 0) is 31.8 Å². The number of carbonyl (C=O) groups excluding carboxylic acids is 1. The molecule has 0 aliphatic carbocycles. The molecule has 1 N–H and O–H groups in total. The van der Waals surface area contributed by atoms with Gasteiger partial charge in [-0.25, -0.2) is 0 Å². The lowest BCUT2D eigenvalue weighted by atomic mass is 10.1. The highest BCUT2D eigenvalue weighted by Crippen LogP contribution is 2.15. The number of nitrogens with one attached hydrogen (secondary N) is 1. The predicted molar refractivity (Wildman–Crippen MR) is 83.3 cm³/mol. The molecule has 0 aliphatic rings. The maximum atomic E-state index is 12.3. The van der Waals surface area contributed by atoms with Crippen molar-refractivity contribution in [2.75, 3.05) is 20.6 Å². The van der Waals surface area contributed by atoms with Crippen LogP contribution in [0.3, 0.4) is 0 Å². The summed E-state index contributed by atoms with van der Waals surface area (Å²) < 4.78 is 5.51. The Morgan fingerprint density at radius 2 is 1.90 bits per heavy atom. The second kappa shape index (κ2) is 7.09. The zero-order valence-electron chi connectivity index (χ0n) is 12.8. The lowest BCUT2D eigenvalue weighted by Gasteiger charge is -2.22. The van der Waals surface area contributed by atoms with E-state index in [9.17, 15) is 4.79 Å². The zero-order valence-corrected chi connectivity index (χ0v) is 12.8. The number of hydrogen-bond acceptors (Lipinski definition) is 3. The molecule has 1 heterocycles. The van der Waals surface area contributed by atoms with Crippen LogP contribution in [0.1, 0.15) is 34.8 Å². The highest BCUT2D eigenvalue weighted by atomic mass is 16.3. The number of nitrogens with zero attached hydrogens (tertiary/aromatic N) is 1. The number of aryl methyl sites for hydroxylation is 1. The van der Waals surface area contributed by atoms with E-state index < -0.39 is 0 Å². The number of likely N-dealkylation sites (N-methyl/N-ethyl adjacent to an activating group) is 1. The monoisotopic (exact) mass is 286 g/mol. The minimum Gasteiger partial charge on any atom is -0.456 e. The molecule has 0 aliphatic heterocycles. The van der Waals surface area contributed by atoms with Crippen molar-refractivity contribution in [2.45, 2.75) is 19.4 Å². The van der Waals surface area contributed by atoms with Gasteiger partial charge in [0.15, 0.2) is 5.76 Å². The van der Waals surface area contributed by atoms with E-state index in [0.29, 0.717) is 5.76 Å². The summed E-state index contributed by atoms with van der Waals surface area (Å²) in [4.78, 5) is 14.4. The molecule has 4 nitrogen and oxygen atoms in total. The van der Waals surface area contributed by atoms with Crippen LogP contribution in [-0.4, -0.2) is 31.4 Å². The van der Waals surface area contributed by atoms with Gasteiger partial charge in [0.1, 0.15) is 5.76 Å². The number of amides is 1.